The summed E-state index contributed by atoms with van der Waals surface area (Å²) in [7, 11) is 0. The molecule has 2 rings (SSSR count). The second-order valence-electron chi connectivity index (χ2n) is 6.01. The van der Waals surface area contributed by atoms with Crippen molar-refractivity contribution in [2.75, 3.05) is 0 Å². The topological polar surface area (TPSA) is 70.5 Å². The maximum Gasteiger partial charge on any atom is 0.304 e. The quantitative estimate of drug-likeness (QED) is 0.859. The van der Waals surface area contributed by atoms with Crippen molar-refractivity contribution in [1.29, 1.82) is 0 Å². The highest BCUT2D eigenvalue weighted by Gasteiger charge is 2.40. The Morgan fingerprint density at radius 3 is 2.61 bits per heavy atom. The van der Waals surface area contributed by atoms with Crippen LogP contribution in [0.15, 0.2) is 18.3 Å². The van der Waals surface area contributed by atoms with E-state index in [0.717, 1.165) is 25.0 Å². The van der Waals surface area contributed by atoms with E-state index >= 15 is 0 Å². The Morgan fingerprint density at radius 2 is 2.09 bits per heavy atom. The zero-order valence-corrected chi connectivity index (χ0v) is 14.3. The molecular weight excluding hydrogens is 316 g/mol. The smallest absolute Gasteiger partial charge is 0.304 e. The third-order valence-electron chi connectivity index (χ3n) is 4.58. The van der Waals surface area contributed by atoms with Crippen LogP contribution < -0.4 is 0 Å². The molecule has 0 spiro atoms. The summed E-state index contributed by atoms with van der Waals surface area (Å²) < 4.78 is 0. The fourth-order valence-electron chi connectivity index (χ4n) is 3.38. The number of hydrogen-bond acceptors (Lipinski definition) is 3. The largest absolute Gasteiger partial charge is 0.481 e. The first kappa shape index (κ1) is 17.7. The van der Waals surface area contributed by atoms with E-state index in [1.54, 1.807) is 12.3 Å². The van der Waals surface area contributed by atoms with E-state index in [2.05, 4.69) is 18.8 Å². The molecule has 2 unspecified atom stereocenters. The molecule has 0 aliphatic carbocycles. The lowest BCUT2D eigenvalue weighted by atomic mass is 9.86. The van der Waals surface area contributed by atoms with Crippen molar-refractivity contribution < 1.29 is 14.7 Å². The number of likely N-dealkylation sites (tertiary alicyclic amines) is 1. The molecule has 23 heavy (non-hydrogen) atoms. The number of hydrogen-bond donors (Lipinski definition) is 1. The van der Waals surface area contributed by atoms with Gasteiger partial charge in [-0.25, -0.2) is 0 Å². The van der Waals surface area contributed by atoms with Gasteiger partial charge in [-0.1, -0.05) is 25.4 Å². The summed E-state index contributed by atoms with van der Waals surface area (Å²) in [6.07, 6.45) is 4.48. The highest BCUT2D eigenvalue weighted by molar-refractivity contribution is 6.30. The number of pyridine rings is 1. The van der Waals surface area contributed by atoms with E-state index < -0.39 is 11.9 Å². The number of aromatic nitrogens is 1. The van der Waals surface area contributed by atoms with Crippen molar-refractivity contribution in [2.45, 2.75) is 58.0 Å². The molecule has 2 atom stereocenters. The predicted molar refractivity (Wildman–Crippen MR) is 88.2 cm³/mol. The van der Waals surface area contributed by atoms with Crippen LogP contribution in [0.1, 0.15) is 57.7 Å². The molecule has 1 aromatic rings. The van der Waals surface area contributed by atoms with Crippen molar-refractivity contribution in [2.24, 2.45) is 5.92 Å². The molecule has 0 aromatic carbocycles. The number of carbonyl (C=O) groups excluding carboxylic acids is 1. The Labute approximate surface area is 141 Å². The number of carboxylic acids is 1. The zero-order valence-electron chi connectivity index (χ0n) is 13.5. The van der Waals surface area contributed by atoms with E-state index in [9.17, 15) is 9.59 Å². The van der Waals surface area contributed by atoms with Gasteiger partial charge in [-0.3, -0.25) is 14.6 Å². The summed E-state index contributed by atoms with van der Waals surface area (Å²) in [6, 6.07) is 3.63. The van der Waals surface area contributed by atoms with Gasteiger partial charge in [0, 0.05) is 18.2 Å². The molecule has 5 nitrogen and oxygen atoms in total. The van der Waals surface area contributed by atoms with Crippen molar-refractivity contribution in [3.8, 4) is 0 Å². The Hall–Kier alpha value is -1.62. The number of nitrogens with zero attached hydrogens (tertiary/aromatic N) is 2. The molecule has 1 aliphatic rings. The molecule has 6 heteroatoms. The molecule has 1 fully saturated rings. The van der Waals surface area contributed by atoms with E-state index in [-0.39, 0.29) is 24.4 Å². The van der Waals surface area contributed by atoms with Gasteiger partial charge in [0.25, 0.3) is 0 Å². The predicted octanol–water partition coefficient (Wildman–Crippen LogP) is 3.68. The lowest BCUT2D eigenvalue weighted by molar-refractivity contribution is -0.151. The average Bonchev–Trinajstić information content (AvgIpc) is 2.52. The lowest BCUT2D eigenvalue weighted by Crippen LogP contribution is -2.49. The van der Waals surface area contributed by atoms with Crippen molar-refractivity contribution in [1.82, 2.24) is 9.88 Å². The van der Waals surface area contributed by atoms with E-state index in [0.29, 0.717) is 11.4 Å². The van der Waals surface area contributed by atoms with Gasteiger partial charge in [-0.05, 0) is 37.8 Å². The molecule has 0 saturated carbocycles. The number of carbonyl (C=O) groups is 2. The van der Waals surface area contributed by atoms with Gasteiger partial charge < -0.3 is 10.0 Å². The lowest BCUT2D eigenvalue weighted by Gasteiger charge is -2.43. The van der Waals surface area contributed by atoms with E-state index in [4.69, 9.17) is 16.7 Å². The van der Waals surface area contributed by atoms with Gasteiger partial charge in [0.2, 0.25) is 5.91 Å². The fraction of sp³-hybridized carbons (Fsp3) is 0.588. The monoisotopic (exact) mass is 338 g/mol. The molecule has 0 radical (unpaired) electrons. The summed E-state index contributed by atoms with van der Waals surface area (Å²) in [5, 5.41) is 9.60. The number of halogens is 1. The number of piperidine rings is 1. The molecule has 0 bridgehead atoms. The summed E-state index contributed by atoms with van der Waals surface area (Å²) >= 11 is 5.90. The van der Waals surface area contributed by atoms with Crippen LogP contribution in [-0.2, 0) is 9.59 Å². The van der Waals surface area contributed by atoms with Crippen LogP contribution in [0.2, 0.25) is 5.02 Å². The molecule has 1 saturated heterocycles. The molecule has 1 aliphatic heterocycles. The van der Waals surface area contributed by atoms with Gasteiger partial charge in [0.1, 0.15) is 0 Å². The summed E-state index contributed by atoms with van der Waals surface area (Å²) in [4.78, 5) is 30.1. The molecule has 1 amide bonds. The minimum atomic E-state index is -0.920. The van der Waals surface area contributed by atoms with Gasteiger partial charge in [0.15, 0.2) is 0 Å². The average molecular weight is 339 g/mol. The molecule has 126 valence electrons. The second kappa shape index (κ2) is 7.77. The molecular formula is C17H23ClN2O3. The van der Waals surface area contributed by atoms with Gasteiger partial charge in [-0.2, -0.15) is 0 Å². The summed E-state index contributed by atoms with van der Waals surface area (Å²) in [5.41, 5.74) is 0.823. The highest BCUT2D eigenvalue weighted by Crippen LogP contribution is 2.37. The third-order valence-corrected chi connectivity index (χ3v) is 4.80. The summed E-state index contributed by atoms with van der Waals surface area (Å²) in [5.74, 6) is -1.42. The minimum Gasteiger partial charge on any atom is -0.481 e. The Balaban J connectivity index is 2.31. The van der Waals surface area contributed by atoms with Crippen LogP contribution in [-0.4, -0.2) is 32.9 Å². The van der Waals surface area contributed by atoms with Crippen molar-refractivity contribution in [3.05, 3.63) is 29.0 Å². The number of aliphatic carboxylic acids is 1. The van der Waals surface area contributed by atoms with Gasteiger partial charge in [-0.15, -0.1) is 0 Å². The van der Waals surface area contributed by atoms with Crippen LogP contribution in [0.25, 0.3) is 0 Å². The number of carboxylic acid groups (broad SMARTS) is 1. The third kappa shape index (κ3) is 4.02. The maximum absolute atomic E-state index is 12.9. The Morgan fingerprint density at radius 1 is 1.39 bits per heavy atom. The van der Waals surface area contributed by atoms with E-state index in [1.807, 2.05) is 11.0 Å². The molecule has 2 heterocycles. The van der Waals surface area contributed by atoms with Gasteiger partial charge >= 0.3 is 5.97 Å². The van der Waals surface area contributed by atoms with Crippen molar-refractivity contribution in [3.63, 3.8) is 0 Å². The normalized spacial score (nSPS) is 21.7. The standard InChI is InChI=1S/C17H23ClN2O3/c1-3-13(4-2)20-15(14-7-6-12(18)10-19-14)8-5-11(17(20)23)9-16(21)22/h6-7,10-11,13,15H,3-5,8-9H2,1-2H3,(H,21,22). The zero-order chi connectivity index (χ0) is 17.0. The fourth-order valence-corrected chi connectivity index (χ4v) is 3.49. The maximum atomic E-state index is 12.9. The van der Waals surface area contributed by atoms with Crippen molar-refractivity contribution >= 4 is 23.5 Å². The van der Waals surface area contributed by atoms with Gasteiger partial charge in [0.05, 0.1) is 23.2 Å². The van der Waals surface area contributed by atoms with Crippen LogP contribution >= 0.6 is 11.6 Å². The first-order valence-corrected chi connectivity index (χ1v) is 8.51. The first-order chi connectivity index (χ1) is 11.0. The Bertz CT molecular complexity index is 557. The molecule has 1 aromatic heterocycles. The molecule has 1 N–H and O–H groups in total. The first-order valence-electron chi connectivity index (χ1n) is 8.13. The Kier molecular flexibility index (Phi) is 5.99. The SMILES string of the molecule is CCC(CC)N1C(=O)C(CC(=O)O)CCC1c1ccc(Cl)cn1. The van der Waals surface area contributed by atoms with E-state index in [1.165, 1.54) is 0 Å². The highest BCUT2D eigenvalue weighted by atomic mass is 35.5. The second-order valence-corrected chi connectivity index (χ2v) is 6.44. The van der Waals surface area contributed by atoms with Crippen LogP contribution in [0, 0.1) is 5.92 Å². The minimum absolute atomic E-state index is 0.0610. The van der Waals surface area contributed by atoms with Crippen LogP contribution in [0.5, 0.6) is 0 Å². The number of amides is 1. The van der Waals surface area contributed by atoms with Crippen LogP contribution in [0.3, 0.4) is 0 Å². The number of rotatable bonds is 6. The van der Waals surface area contributed by atoms with Crippen LogP contribution in [0.4, 0.5) is 0 Å². The summed E-state index contributed by atoms with van der Waals surface area (Å²) in [6.45, 7) is 4.10.